The molecule has 1 fully saturated rings. The Bertz CT molecular complexity index is 355. The summed E-state index contributed by atoms with van der Waals surface area (Å²) in [5.74, 6) is 0.846. The van der Waals surface area contributed by atoms with Gasteiger partial charge in [-0.25, -0.2) is 0 Å². The fourth-order valence-corrected chi connectivity index (χ4v) is 3.99. The van der Waals surface area contributed by atoms with Crippen molar-refractivity contribution < 1.29 is 4.74 Å². The molecule has 2 nitrogen and oxygen atoms in total. The van der Waals surface area contributed by atoms with E-state index in [0.29, 0.717) is 6.04 Å². The Morgan fingerprint density at radius 1 is 1.42 bits per heavy atom. The average Bonchev–Trinajstić information content (AvgIpc) is 2.93. The molecule has 0 aliphatic heterocycles. The topological polar surface area (TPSA) is 21.3 Å². The van der Waals surface area contributed by atoms with Gasteiger partial charge in [-0.15, -0.1) is 0 Å². The van der Waals surface area contributed by atoms with E-state index in [1.54, 1.807) is 11.3 Å². The lowest BCUT2D eigenvalue weighted by atomic mass is 9.73. The molecule has 2 rings (SSSR count). The van der Waals surface area contributed by atoms with Crippen LogP contribution < -0.4 is 5.32 Å². The minimum absolute atomic E-state index is 0.00164. The summed E-state index contributed by atoms with van der Waals surface area (Å²) in [6, 6.07) is 2.59. The molecule has 19 heavy (non-hydrogen) atoms. The highest BCUT2D eigenvalue weighted by atomic mass is 32.1. The second-order valence-corrected chi connectivity index (χ2v) is 6.51. The standard InChI is InChI=1S/C16H27NOS/c1-4-17-15(14-8-11-19-12-14)16(18-5-2)9-6-13(3)7-10-16/h8,11-13,15,17H,4-7,9-10H2,1-3H3. The second-order valence-electron chi connectivity index (χ2n) is 5.73. The van der Waals surface area contributed by atoms with Crippen molar-refractivity contribution in [3.8, 4) is 0 Å². The van der Waals surface area contributed by atoms with Crippen LogP contribution in [0.25, 0.3) is 0 Å². The van der Waals surface area contributed by atoms with Gasteiger partial charge in [0.2, 0.25) is 0 Å². The Morgan fingerprint density at radius 3 is 2.68 bits per heavy atom. The molecule has 1 saturated carbocycles. The van der Waals surface area contributed by atoms with Gasteiger partial charge < -0.3 is 10.1 Å². The summed E-state index contributed by atoms with van der Waals surface area (Å²) in [6.07, 6.45) is 4.92. The molecular formula is C16H27NOS. The lowest BCUT2D eigenvalue weighted by Gasteiger charge is -2.45. The maximum Gasteiger partial charge on any atom is 0.0876 e. The Kier molecular flexibility index (Phi) is 5.43. The smallest absolute Gasteiger partial charge is 0.0876 e. The molecule has 1 unspecified atom stereocenters. The summed E-state index contributed by atoms with van der Waals surface area (Å²) in [4.78, 5) is 0. The molecule has 0 bridgehead atoms. The van der Waals surface area contributed by atoms with Crippen LogP contribution in [0, 0.1) is 5.92 Å². The van der Waals surface area contributed by atoms with Crippen LogP contribution in [0.2, 0.25) is 0 Å². The van der Waals surface area contributed by atoms with E-state index in [0.717, 1.165) is 19.1 Å². The monoisotopic (exact) mass is 281 g/mol. The van der Waals surface area contributed by atoms with Crippen molar-refractivity contribution in [3.05, 3.63) is 22.4 Å². The summed E-state index contributed by atoms with van der Waals surface area (Å²) < 4.78 is 6.30. The fraction of sp³-hybridized carbons (Fsp3) is 0.750. The van der Waals surface area contributed by atoms with Crippen molar-refractivity contribution in [1.29, 1.82) is 0 Å². The van der Waals surface area contributed by atoms with Gasteiger partial charge in [0, 0.05) is 6.61 Å². The summed E-state index contributed by atoms with van der Waals surface area (Å²) in [6.45, 7) is 8.47. The largest absolute Gasteiger partial charge is 0.373 e. The molecule has 1 heterocycles. The van der Waals surface area contributed by atoms with Crippen LogP contribution in [0.4, 0.5) is 0 Å². The first-order valence-electron chi connectivity index (χ1n) is 7.61. The number of hydrogen-bond donors (Lipinski definition) is 1. The van der Waals surface area contributed by atoms with Crippen molar-refractivity contribution >= 4 is 11.3 Å². The first-order valence-corrected chi connectivity index (χ1v) is 8.55. The molecule has 3 heteroatoms. The van der Waals surface area contributed by atoms with Crippen LogP contribution in [0.3, 0.4) is 0 Å². The second kappa shape index (κ2) is 6.87. The van der Waals surface area contributed by atoms with E-state index in [4.69, 9.17) is 4.74 Å². The Labute approximate surface area is 121 Å². The van der Waals surface area contributed by atoms with Gasteiger partial charge in [-0.2, -0.15) is 11.3 Å². The van der Waals surface area contributed by atoms with Crippen molar-refractivity contribution in [3.63, 3.8) is 0 Å². The minimum Gasteiger partial charge on any atom is -0.373 e. The van der Waals surface area contributed by atoms with Gasteiger partial charge >= 0.3 is 0 Å². The van der Waals surface area contributed by atoms with Gasteiger partial charge in [0.05, 0.1) is 11.6 Å². The van der Waals surface area contributed by atoms with E-state index in [-0.39, 0.29) is 5.60 Å². The number of hydrogen-bond acceptors (Lipinski definition) is 3. The minimum atomic E-state index is -0.00164. The van der Waals surface area contributed by atoms with Crippen LogP contribution in [0.1, 0.15) is 58.1 Å². The van der Waals surface area contributed by atoms with E-state index < -0.39 is 0 Å². The third kappa shape index (κ3) is 3.39. The van der Waals surface area contributed by atoms with Gasteiger partial charge in [0.15, 0.2) is 0 Å². The molecule has 1 atom stereocenters. The van der Waals surface area contributed by atoms with E-state index in [1.807, 2.05) is 0 Å². The van der Waals surface area contributed by atoms with Gasteiger partial charge in [-0.1, -0.05) is 13.8 Å². The Balaban J connectivity index is 2.23. The predicted molar refractivity (Wildman–Crippen MR) is 82.7 cm³/mol. The molecule has 0 amide bonds. The highest BCUT2D eigenvalue weighted by molar-refractivity contribution is 7.07. The van der Waals surface area contributed by atoms with E-state index in [9.17, 15) is 0 Å². The van der Waals surface area contributed by atoms with E-state index >= 15 is 0 Å². The maximum atomic E-state index is 6.30. The molecule has 1 aromatic rings. The molecule has 0 radical (unpaired) electrons. The number of ether oxygens (including phenoxy) is 1. The zero-order valence-corrected chi connectivity index (χ0v) is 13.3. The van der Waals surface area contributed by atoms with E-state index in [1.165, 1.54) is 31.2 Å². The molecule has 0 saturated heterocycles. The third-order valence-electron chi connectivity index (χ3n) is 4.36. The zero-order valence-electron chi connectivity index (χ0n) is 12.4. The molecular weight excluding hydrogens is 254 g/mol. The lowest BCUT2D eigenvalue weighted by Crippen LogP contribution is -2.48. The van der Waals surface area contributed by atoms with Gasteiger partial charge in [0.25, 0.3) is 0 Å². The van der Waals surface area contributed by atoms with E-state index in [2.05, 4.69) is 42.9 Å². The molecule has 1 N–H and O–H groups in total. The van der Waals surface area contributed by atoms with Crippen molar-refractivity contribution in [2.45, 2.75) is 58.1 Å². The number of likely N-dealkylation sites (N-methyl/N-ethyl adjacent to an activating group) is 1. The van der Waals surface area contributed by atoms with Gasteiger partial charge in [0.1, 0.15) is 0 Å². The normalized spacial score (nSPS) is 29.3. The van der Waals surface area contributed by atoms with Crippen LogP contribution >= 0.6 is 11.3 Å². The van der Waals surface area contributed by atoms with Crippen molar-refractivity contribution in [1.82, 2.24) is 5.32 Å². The van der Waals surface area contributed by atoms with Crippen LogP contribution in [0.5, 0.6) is 0 Å². The number of rotatable bonds is 6. The SMILES string of the molecule is CCNC(c1ccsc1)C1(OCC)CCC(C)CC1. The Morgan fingerprint density at radius 2 is 2.16 bits per heavy atom. The fourth-order valence-electron chi connectivity index (χ4n) is 3.31. The summed E-state index contributed by atoms with van der Waals surface area (Å²) in [7, 11) is 0. The predicted octanol–water partition coefficient (Wildman–Crippen LogP) is 4.38. The quantitative estimate of drug-likeness (QED) is 0.835. The van der Waals surface area contributed by atoms with Crippen LogP contribution in [-0.4, -0.2) is 18.8 Å². The molecule has 108 valence electrons. The van der Waals surface area contributed by atoms with Crippen molar-refractivity contribution in [2.75, 3.05) is 13.2 Å². The maximum absolute atomic E-state index is 6.30. The highest BCUT2D eigenvalue weighted by Crippen LogP contribution is 2.43. The number of thiophene rings is 1. The molecule has 1 aromatic heterocycles. The van der Waals surface area contributed by atoms with Gasteiger partial charge in [-0.3, -0.25) is 0 Å². The average molecular weight is 281 g/mol. The molecule has 0 spiro atoms. The Hall–Kier alpha value is -0.380. The summed E-state index contributed by atoms with van der Waals surface area (Å²) in [5, 5.41) is 8.12. The molecule has 1 aliphatic rings. The van der Waals surface area contributed by atoms with Crippen molar-refractivity contribution in [2.24, 2.45) is 5.92 Å². The molecule has 0 aromatic carbocycles. The van der Waals surface area contributed by atoms with Crippen LogP contribution in [-0.2, 0) is 4.74 Å². The third-order valence-corrected chi connectivity index (χ3v) is 5.06. The summed E-state index contributed by atoms with van der Waals surface area (Å²) in [5.41, 5.74) is 1.40. The summed E-state index contributed by atoms with van der Waals surface area (Å²) >= 11 is 1.78. The van der Waals surface area contributed by atoms with Gasteiger partial charge in [-0.05, 0) is 67.5 Å². The highest BCUT2D eigenvalue weighted by Gasteiger charge is 2.42. The first-order chi connectivity index (χ1) is 9.22. The first kappa shape index (κ1) is 15.0. The zero-order chi connectivity index (χ0) is 13.7. The van der Waals surface area contributed by atoms with Crippen LogP contribution in [0.15, 0.2) is 16.8 Å². The number of nitrogens with one attached hydrogen (secondary N) is 1. The molecule has 1 aliphatic carbocycles. The lowest BCUT2D eigenvalue weighted by molar-refractivity contribution is -0.0972.